The molecule has 3 aromatic heterocycles. The highest BCUT2D eigenvalue weighted by atomic mass is 16.4. The molecule has 6 aromatic rings. The fraction of sp³-hybridized carbons (Fsp3) is 0.279. The average molecular weight is 835 g/mol. The number of hydrogen-bond acceptors (Lipinski definition) is 8. The summed E-state index contributed by atoms with van der Waals surface area (Å²) >= 11 is 0. The average Bonchev–Trinajstić information content (AvgIpc) is 3.97. The molecule has 0 aliphatic rings. The standard InChI is InChI=1S/C43H46N8O10/c44-29(17-23-20-45-30-10-4-1-7-26(23)30)39(56)48-33(13-15-37(52)53)40(57)50-35(18-24-21-46-31-11-5-2-8-27(24)31)42(59)49-34(14-16-38(54)55)41(58)51-36(43(60)61)19-25-22-47-32-12-6-3-9-28(25)32/h1-12,20-22,29,33-36,45-47H,13-19,44H2,(H,48,56)(H,49,59)(H,50,57)(H,51,58)(H,52,53)(H,54,55)(H,60,61)/t29-,33-,34-,35-,36-/m0/s1. The molecule has 0 bridgehead atoms. The Hall–Kier alpha value is -7.47. The molecule has 3 aromatic carbocycles. The van der Waals surface area contributed by atoms with E-state index in [-0.39, 0.29) is 25.7 Å². The number of carboxylic acids is 3. The van der Waals surface area contributed by atoms with Crippen LogP contribution in [0.2, 0.25) is 0 Å². The number of carboxylic acid groups (broad SMARTS) is 3. The van der Waals surface area contributed by atoms with Crippen molar-refractivity contribution in [3.63, 3.8) is 0 Å². The van der Waals surface area contributed by atoms with Gasteiger partial charge in [0, 0.05) is 77.0 Å². The van der Waals surface area contributed by atoms with Gasteiger partial charge in [0.2, 0.25) is 23.6 Å². The molecule has 0 aliphatic carbocycles. The molecule has 0 spiro atoms. The van der Waals surface area contributed by atoms with Gasteiger partial charge in [-0.15, -0.1) is 0 Å². The molecule has 0 saturated carbocycles. The zero-order valence-corrected chi connectivity index (χ0v) is 32.8. The van der Waals surface area contributed by atoms with Crippen molar-refractivity contribution in [2.24, 2.45) is 5.73 Å². The Bertz CT molecular complexity index is 2580. The van der Waals surface area contributed by atoms with Gasteiger partial charge in [-0.05, 0) is 54.2 Å². The van der Waals surface area contributed by atoms with Crippen molar-refractivity contribution in [1.82, 2.24) is 36.2 Å². The van der Waals surface area contributed by atoms with E-state index in [2.05, 4.69) is 36.2 Å². The quantitative estimate of drug-likeness (QED) is 0.0500. The van der Waals surface area contributed by atoms with Crippen LogP contribution >= 0.6 is 0 Å². The zero-order valence-electron chi connectivity index (χ0n) is 32.8. The van der Waals surface area contributed by atoms with Gasteiger partial charge in [0.05, 0.1) is 6.04 Å². The van der Waals surface area contributed by atoms with Gasteiger partial charge in [0.25, 0.3) is 0 Å². The number of nitrogens with two attached hydrogens (primary N) is 1. The molecule has 0 fully saturated rings. The van der Waals surface area contributed by atoms with Gasteiger partial charge in [-0.25, -0.2) is 4.79 Å². The number of aliphatic carboxylic acids is 3. The molecular formula is C43H46N8O10. The molecule has 18 nitrogen and oxygen atoms in total. The summed E-state index contributed by atoms with van der Waals surface area (Å²) in [5.74, 6) is -7.50. The van der Waals surface area contributed by atoms with Crippen molar-refractivity contribution in [3.05, 3.63) is 108 Å². The minimum absolute atomic E-state index is 0.0824. The summed E-state index contributed by atoms with van der Waals surface area (Å²) in [7, 11) is 0. The van der Waals surface area contributed by atoms with E-state index < -0.39 is 91.0 Å². The number of aromatic nitrogens is 3. The Labute approximate surface area is 347 Å². The van der Waals surface area contributed by atoms with Crippen molar-refractivity contribution in [2.75, 3.05) is 0 Å². The number of fused-ring (bicyclic) bond motifs is 3. The Balaban J connectivity index is 1.22. The third-order valence-corrected chi connectivity index (χ3v) is 10.5. The van der Waals surface area contributed by atoms with Crippen LogP contribution in [0.5, 0.6) is 0 Å². The molecule has 0 unspecified atom stereocenters. The highest BCUT2D eigenvalue weighted by Crippen LogP contribution is 2.22. The van der Waals surface area contributed by atoms with Crippen LogP contribution in [0.4, 0.5) is 0 Å². The van der Waals surface area contributed by atoms with Crippen LogP contribution in [-0.4, -0.2) is 102 Å². The second-order valence-electron chi connectivity index (χ2n) is 14.7. The molecule has 0 saturated heterocycles. The number of rotatable bonds is 21. The van der Waals surface area contributed by atoms with E-state index in [0.29, 0.717) is 22.0 Å². The Kier molecular flexibility index (Phi) is 13.8. The summed E-state index contributed by atoms with van der Waals surface area (Å²) in [5, 5.41) is 41.5. The van der Waals surface area contributed by atoms with Crippen molar-refractivity contribution >= 4 is 74.2 Å². The van der Waals surface area contributed by atoms with E-state index in [9.17, 15) is 48.9 Å². The number of hydrogen-bond donors (Lipinski definition) is 11. The third-order valence-electron chi connectivity index (χ3n) is 10.5. The number of para-hydroxylation sites is 3. The van der Waals surface area contributed by atoms with Crippen molar-refractivity contribution < 1.29 is 48.9 Å². The second-order valence-corrected chi connectivity index (χ2v) is 14.7. The monoisotopic (exact) mass is 834 g/mol. The normalized spacial score (nSPS) is 13.8. The zero-order chi connectivity index (χ0) is 43.6. The second kappa shape index (κ2) is 19.5. The Morgan fingerprint density at radius 3 is 1.25 bits per heavy atom. The van der Waals surface area contributed by atoms with Crippen LogP contribution in [0, 0.1) is 0 Å². The first-order valence-corrected chi connectivity index (χ1v) is 19.6. The lowest BCUT2D eigenvalue weighted by atomic mass is 10.0. The summed E-state index contributed by atoms with van der Waals surface area (Å²) in [6.45, 7) is 0. The largest absolute Gasteiger partial charge is 0.481 e. The fourth-order valence-electron chi connectivity index (χ4n) is 7.25. The highest BCUT2D eigenvalue weighted by molar-refractivity contribution is 5.97. The summed E-state index contributed by atoms with van der Waals surface area (Å²) in [6, 6.07) is 14.6. The number of H-pyrrole nitrogens is 3. The van der Waals surface area contributed by atoms with Crippen molar-refractivity contribution in [2.45, 2.75) is 75.2 Å². The molecule has 318 valence electrons. The maximum atomic E-state index is 14.2. The van der Waals surface area contributed by atoms with Gasteiger partial charge in [-0.2, -0.15) is 0 Å². The lowest BCUT2D eigenvalue weighted by Crippen LogP contribution is -2.59. The van der Waals surface area contributed by atoms with Crippen LogP contribution in [0.15, 0.2) is 91.4 Å². The molecule has 12 N–H and O–H groups in total. The Morgan fingerprint density at radius 1 is 0.475 bits per heavy atom. The molecule has 61 heavy (non-hydrogen) atoms. The smallest absolute Gasteiger partial charge is 0.326 e. The fourth-order valence-corrected chi connectivity index (χ4v) is 7.25. The van der Waals surface area contributed by atoms with Gasteiger partial charge in [0.15, 0.2) is 0 Å². The molecule has 4 amide bonds. The highest BCUT2D eigenvalue weighted by Gasteiger charge is 2.33. The summed E-state index contributed by atoms with van der Waals surface area (Å²) < 4.78 is 0. The first kappa shape index (κ1) is 43.1. The molecule has 3 heterocycles. The molecule has 18 heteroatoms. The number of carbonyl (C=O) groups excluding carboxylic acids is 4. The van der Waals surface area contributed by atoms with E-state index in [1.54, 1.807) is 67.1 Å². The molecule has 5 atom stereocenters. The van der Waals surface area contributed by atoms with Crippen LogP contribution in [0.3, 0.4) is 0 Å². The maximum Gasteiger partial charge on any atom is 0.326 e. The van der Waals surface area contributed by atoms with Crippen LogP contribution in [-0.2, 0) is 52.8 Å². The summed E-state index contributed by atoms with van der Waals surface area (Å²) in [6.07, 6.45) is 2.81. The number of carbonyl (C=O) groups is 7. The number of aromatic amines is 3. The number of amides is 4. The van der Waals surface area contributed by atoms with E-state index >= 15 is 0 Å². The lowest BCUT2D eigenvalue weighted by Gasteiger charge is -2.26. The molecule has 6 rings (SSSR count). The SMILES string of the molecule is N[C@@H](Cc1c[nH]c2ccccc12)C(=O)N[C@@H](CCC(=O)O)C(=O)N[C@@H](Cc1c[nH]c2ccccc12)C(=O)N[C@@H](CCC(=O)O)C(=O)N[C@@H](Cc1c[nH]c2ccccc12)C(=O)O. The van der Waals surface area contributed by atoms with E-state index in [1.165, 1.54) is 0 Å². The van der Waals surface area contributed by atoms with E-state index in [4.69, 9.17) is 5.73 Å². The summed E-state index contributed by atoms with van der Waals surface area (Å²) in [4.78, 5) is 100. The topological polar surface area (TPSA) is 302 Å². The maximum absolute atomic E-state index is 14.2. The van der Waals surface area contributed by atoms with Crippen molar-refractivity contribution in [1.29, 1.82) is 0 Å². The van der Waals surface area contributed by atoms with Gasteiger partial charge >= 0.3 is 17.9 Å². The van der Waals surface area contributed by atoms with Gasteiger partial charge < -0.3 is 57.3 Å². The third kappa shape index (κ3) is 11.0. The van der Waals surface area contributed by atoms with Crippen LogP contribution < -0.4 is 27.0 Å². The Morgan fingerprint density at radius 2 is 0.820 bits per heavy atom. The predicted octanol–water partition coefficient (Wildman–Crippen LogP) is 2.24. The number of nitrogens with one attached hydrogen (secondary N) is 7. The van der Waals surface area contributed by atoms with E-state index in [0.717, 1.165) is 27.4 Å². The number of benzene rings is 3. The lowest BCUT2D eigenvalue weighted by molar-refractivity contribution is -0.143. The molecule has 0 aliphatic heterocycles. The first-order valence-electron chi connectivity index (χ1n) is 19.6. The minimum Gasteiger partial charge on any atom is -0.481 e. The van der Waals surface area contributed by atoms with Crippen LogP contribution in [0.25, 0.3) is 32.7 Å². The molecule has 0 radical (unpaired) electrons. The summed E-state index contributed by atoms with van der Waals surface area (Å²) in [5.41, 5.74) is 10.5. The van der Waals surface area contributed by atoms with Gasteiger partial charge in [-0.1, -0.05) is 54.6 Å². The van der Waals surface area contributed by atoms with E-state index in [1.807, 2.05) is 24.3 Å². The van der Waals surface area contributed by atoms with Gasteiger partial charge in [-0.3, -0.25) is 28.8 Å². The van der Waals surface area contributed by atoms with Crippen LogP contribution in [0.1, 0.15) is 42.4 Å². The minimum atomic E-state index is -1.57. The predicted molar refractivity (Wildman–Crippen MR) is 223 cm³/mol. The van der Waals surface area contributed by atoms with Crippen molar-refractivity contribution in [3.8, 4) is 0 Å². The first-order chi connectivity index (χ1) is 29.3. The molecular weight excluding hydrogens is 789 g/mol. The van der Waals surface area contributed by atoms with Gasteiger partial charge in [0.1, 0.15) is 24.2 Å².